The lowest BCUT2D eigenvalue weighted by Gasteiger charge is -2.11. The molecule has 0 aliphatic carbocycles. The van der Waals surface area contributed by atoms with E-state index < -0.39 is 10.0 Å². The van der Waals surface area contributed by atoms with Gasteiger partial charge in [-0.3, -0.25) is 4.79 Å². The van der Waals surface area contributed by atoms with Gasteiger partial charge in [-0.25, -0.2) is 13.1 Å². The van der Waals surface area contributed by atoms with Crippen molar-refractivity contribution in [1.29, 1.82) is 0 Å². The number of carbonyl (C=O) groups is 1. The molecule has 7 heteroatoms. The van der Waals surface area contributed by atoms with Gasteiger partial charge in [-0.1, -0.05) is 22.9 Å². The van der Waals surface area contributed by atoms with Crippen LogP contribution in [-0.2, 0) is 14.8 Å². The van der Waals surface area contributed by atoms with Crippen LogP contribution in [0.5, 0.6) is 0 Å². The molecule has 1 aromatic carbocycles. The molecule has 0 radical (unpaired) electrons. The number of sulfonamides is 1. The maximum Gasteiger partial charge on any atom is 0.240 e. The Morgan fingerprint density at radius 2 is 1.90 bits per heavy atom. The summed E-state index contributed by atoms with van der Waals surface area (Å²) in [4.78, 5) is 11.7. The van der Waals surface area contributed by atoms with Crippen LogP contribution in [0.25, 0.3) is 0 Å². The third-order valence-electron chi connectivity index (χ3n) is 2.79. The van der Waals surface area contributed by atoms with Gasteiger partial charge in [0.25, 0.3) is 0 Å². The Balaban J connectivity index is 2.48. The summed E-state index contributed by atoms with van der Waals surface area (Å²) in [6.45, 7) is 3.96. The molecule has 5 nitrogen and oxygen atoms in total. The van der Waals surface area contributed by atoms with E-state index in [-0.39, 0.29) is 29.8 Å². The van der Waals surface area contributed by atoms with Gasteiger partial charge in [0.05, 0.1) is 4.90 Å². The van der Waals surface area contributed by atoms with Gasteiger partial charge in [-0.15, -0.1) is 0 Å². The number of nitrogens with one attached hydrogen (secondary N) is 2. The molecule has 1 rings (SSSR count). The summed E-state index contributed by atoms with van der Waals surface area (Å²) in [7, 11) is -3.56. The van der Waals surface area contributed by atoms with Gasteiger partial charge in [0.2, 0.25) is 15.9 Å². The van der Waals surface area contributed by atoms with Crippen molar-refractivity contribution >= 4 is 31.9 Å². The summed E-state index contributed by atoms with van der Waals surface area (Å²) in [5.74, 6) is -0.155. The first kappa shape index (κ1) is 17.1. The molecule has 0 fully saturated rings. The Bertz CT molecular complexity index is 543. The molecule has 0 aromatic heterocycles. The van der Waals surface area contributed by atoms with Crippen LogP contribution in [-0.4, -0.2) is 26.9 Å². The van der Waals surface area contributed by atoms with Crippen molar-refractivity contribution in [2.75, 3.05) is 6.54 Å². The SMILES string of the molecule is CC[C@H](C)NC(=O)CCNS(=O)(=O)c1ccc(Br)cc1. The van der Waals surface area contributed by atoms with Crippen LogP contribution in [0.1, 0.15) is 26.7 Å². The number of benzene rings is 1. The minimum Gasteiger partial charge on any atom is -0.354 e. The number of halogens is 1. The Labute approximate surface area is 128 Å². The summed E-state index contributed by atoms with van der Waals surface area (Å²) in [6, 6.07) is 6.43. The Hall–Kier alpha value is -0.920. The van der Waals surface area contributed by atoms with E-state index in [2.05, 4.69) is 26.0 Å². The summed E-state index contributed by atoms with van der Waals surface area (Å²) < 4.78 is 27.1. The van der Waals surface area contributed by atoms with E-state index in [1.807, 2.05) is 13.8 Å². The summed E-state index contributed by atoms with van der Waals surface area (Å²) in [5.41, 5.74) is 0. The molecular weight excluding hydrogens is 344 g/mol. The maximum absolute atomic E-state index is 11.9. The van der Waals surface area contributed by atoms with Gasteiger partial charge in [0, 0.05) is 23.5 Å². The molecule has 20 heavy (non-hydrogen) atoms. The van der Waals surface area contributed by atoms with Crippen LogP contribution in [0, 0.1) is 0 Å². The van der Waals surface area contributed by atoms with Gasteiger partial charge in [-0.2, -0.15) is 0 Å². The van der Waals surface area contributed by atoms with Gasteiger partial charge < -0.3 is 5.32 Å². The van der Waals surface area contributed by atoms with Gasteiger partial charge in [0.15, 0.2) is 0 Å². The van der Waals surface area contributed by atoms with Crippen LogP contribution >= 0.6 is 15.9 Å². The molecule has 2 N–H and O–H groups in total. The minimum absolute atomic E-state index is 0.0840. The Morgan fingerprint density at radius 3 is 2.45 bits per heavy atom. The first-order valence-electron chi connectivity index (χ1n) is 6.39. The Morgan fingerprint density at radius 1 is 1.30 bits per heavy atom. The highest BCUT2D eigenvalue weighted by Crippen LogP contribution is 2.14. The number of carbonyl (C=O) groups excluding carboxylic acids is 1. The fourth-order valence-electron chi connectivity index (χ4n) is 1.45. The van der Waals surface area contributed by atoms with Gasteiger partial charge >= 0.3 is 0 Å². The molecule has 0 aliphatic heterocycles. The zero-order chi connectivity index (χ0) is 15.2. The predicted octanol–water partition coefficient (Wildman–Crippen LogP) is 2.03. The van der Waals surface area contributed by atoms with E-state index >= 15 is 0 Å². The third-order valence-corrected chi connectivity index (χ3v) is 4.79. The van der Waals surface area contributed by atoms with Crippen molar-refractivity contribution in [1.82, 2.24) is 10.0 Å². The molecule has 112 valence electrons. The van der Waals surface area contributed by atoms with E-state index in [0.29, 0.717) is 0 Å². The van der Waals surface area contributed by atoms with E-state index in [1.54, 1.807) is 12.1 Å². The van der Waals surface area contributed by atoms with Crippen molar-refractivity contribution < 1.29 is 13.2 Å². The third kappa shape index (κ3) is 5.60. The highest BCUT2D eigenvalue weighted by Gasteiger charge is 2.14. The van der Waals surface area contributed by atoms with Crippen molar-refractivity contribution in [2.24, 2.45) is 0 Å². The molecular formula is C13H19BrN2O3S. The first-order chi connectivity index (χ1) is 9.35. The van der Waals surface area contributed by atoms with Gasteiger partial charge in [-0.05, 0) is 37.6 Å². The van der Waals surface area contributed by atoms with Crippen LogP contribution < -0.4 is 10.0 Å². The molecule has 0 aliphatic rings. The average Bonchev–Trinajstić information content (AvgIpc) is 2.38. The molecule has 0 saturated heterocycles. The highest BCUT2D eigenvalue weighted by molar-refractivity contribution is 9.10. The average molecular weight is 363 g/mol. The molecule has 1 atom stereocenters. The lowest BCUT2D eigenvalue weighted by Crippen LogP contribution is -2.35. The summed E-state index contributed by atoms with van der Waals surface area (Å²) in [6.07, 6.45) is 0.969. The molecule has 0 unspecified atom stereocenters. The fourth-order valence-corrected chi connectivity index (χ4v) is 2.74. The normalized spacial score (nSPS) is 12.9. The molecule has 0 heterocycles. The fraction of sp³-hybridized carbons (Fsp3) is 0.462. The number of hydrogen-bond donors (Lipinski definition) is 2. The van der Waals surface area contributed by atoms with Crippen LogP contribution in [0.15, 0.2) is 33.6 Å². The van der Waals surface area contributed by atoms with E-state index in [4.69, 9.17) is 0 Å². The Kier molecular flexibility index (Phi) is 6.64. The highest BCUT2D eigenvalue weighted by atomic mass is 79.9. The number of rotatable bonds is 7. The van der Waals surface area contributed by atoms with Gasteiger partial charge in [0.1, 0.15) is 0 Å². The zero-order valence-corrected chi connectivity index (χ0v) is 13.9. The van der Waals surface area contributed by atoms with Crippen LogP contribution in [0.2, 0.25) is 0 Å². The van der Waals surface area contributed by atoms with Crippen molar-refractivity contribution in [3.05, 3.63) is 28.7 Å². The molecule has 1 aromatic rings. The van der Waals surface area contributed by atoms with Crippen molar-refractivity contribution in [2.45, 2.75) is 37.6 Å². The molecule has 0 saturated carbocycles. The largest absolute Gasteiger partial charge is 0.354 e. The van der Waals surface area contributed by atoms with Crippen molar-refractivity contribution in [3.8, 4) is 0 Å². The van der Waals surface area contributed by atoms with Crippen LogP contribution in [0.3, 0.4) is 0 Å². The van der Waals surface area contributed by atoms with Crippen molar-refractivity contribution in [3.63, 3.8) is 0 Å². The standard InChI is InChI=1S/C13H19BrN2O3S/c1-3-10(2)16-13(17)8-9-15-20(18,19)12-6-4-11(14)5-7-12/h4-7,10,15H,3,8-9H2,1-2H3,(H,16,17)/t10-/m0/s1. The van der Waals surface area contributed by atoms with Crippen LogP contribution in [0.4, 0.5) is 0 Å². The second-order valence-electron chi connectivity index (χ2n) is 4.48. The lowest BCUT2D eigenvalue weighted by molar-refractivity contribution is -0.121. The zero-order valence-electron chi connectivity index (χ0n) is 11.5. The van der Waals surface area contributed by atoms with E-state index in [1.165, 1.54) is 12.1 Å². The first-order valence-corrected chi connectivity index (χ1v) is 8.67. The maximum atomic E-state index is 11.9. The van der Waals surface area contributed by atoms with E-state index in [9.17, 15) is 13.2 Å². The number of amides is 1. The predicted molar refractivity (Wildman–Crippen MR) is 81.8 cm³/mol. The monoisotopic (exact) mass is 362 g/mol. The summed E-state index contributed by atoms with van der Waals surface area (Å²) >= 11 is 3.25. The topological polar surface area (TPSA) is 75.3 Å². The molecule has 1 amide bonds. The molecule has 0 bridgehead atoms. The second kappa shape index (κ2) is 7.75. The second-order valence-corrected chi connectivity index (χ2v) is 7.16. The smallest absolute Gasteiger partial charge is 0.240 e. The van der Waals surface area contributed by atoms with E-state index in [0.717, 1.165) is 10.9 Å². The number of hydrogen-bond acceptors (Lipinski definition) is 3. The minimum atomic E-state index is -3.56. The quantitative estimate of drug-likeness (QED) is 0.779. The summed E-state index contributed by atoms with van der Waals surface area (Å²) in [5, 5.41) is 2.78. The lowest BCUT2D eigenvalue weighted by atomic mass is 10.2. The molecule has 0 spiro atoms.